The number of Topliss-reactive ketones (excluding diaryl/α,β-unsaturated/α-hetero) is 1. The molecular formula is C22H27NO2. The third kappa shape index (κ3) is 3.78. The van der Waals surface area contributed by atoms with E-state index in [-0.39, 0.29) is 6.10 Å². The van der Waals surface area contributed by atoms with Crippen LogP contribution in [-0.2, 0) is 16.0 Å². The number of ketones is 1. The Hall–Kier alpha value is -1.71. The second kappa shape index (κ2) is 7.67. The first-order valence-electron chi connectivity index (χ1n) is 9.65. The van der Waals surface area contributed by atoms with Crippen LogP contribution in [-0.4, -0.2) is 42.5 Å². The third-order valence-electron chi connectivity index (χ3n) is 5.78. The summed E-state index contributed by atoms with van der Waals surface area (Å²) in [6.45, 7) is 2.32. The Bertz CT molecular complexity index is 736. The van der Waals surface area contributed by atoms with E-state index in [9.17, 15) is 4.79 Å². The zero-order valence-electron chi connectivity index (χ0n) is 14.8. The molecule has 1 heterocycles. The van der Waals surface area contributed by atoms with Crippen molar-refractivity contribution < 1.29 is 9.53 Å². The smallest absolute Gasteiger partial charge is 0.148 e. The van der Waals surface area contributed by atoms with E-state index < -0.39 is 0 Å². The standard InChI is InChI=1S/C22H27NO2/c24-19-12-14-23(16-19)21-10-3-4-11-22(21)25-15-13-18-8-5-7-17-6-1-2-9-20(17)18/h1-2,5-9,21-22H,3-4,10-16H2/t21?,22-/m1/s1. The van der Waals surface area contributed by atoms with E-state index in [4.69, 9.17) is 4.74 Å². The van der Waals surface area contributed by atoms with E-state index in [0.717, 1.165) is 32.4 Å². The lowest BCUT2D eigenvalue weighted by atomic mass is 9.91. The van der Waals surface area contributed by atoms with E-state index in [2.05, 4.69) is 47.4 Å². The highest BCUT2D eigenvalue weighted by Crippen LogP contribution is 2.28. The summed E-state index contributed by atoms with van der Waals surface area (Å²) in [5.74, 6) is 0.389. The largest absolute Gasteiger partial charge is 0.376 e. The van der Waals surface area contributed by atoms with Gasteiger partial charge in [-0.25, -0.2) is 0 Å². The van der Waals surface area contributed by atoms with Gasteiger partial charge in [0.1, 0.15) is 5.78 Å². The number of hydrogen-bond acceptors (Lipinski definition) is 3. The summed E-state index contributed by atoms with van der Waals surface area (Å²) in [6, 6.07) is 15.5. The Labute approximate surface area is 150 Å². The van der Waals surface area contributed by atoms with Crippen LogP contribution in [0, 0.1) is 0 Å². The normalized spacial score (nSPS) is 24.9. The highest BCUT2D eigenvalue weighted by Gasteiger charge is 2.34. The molecule has 25 heavy (non-hydrogen) atoms. The molecular weight excluding hydrogens is 310 g/mol. The summed E-state index contributed by atoms with van der Waals surface area (Å²) in [5.41, 5.74) is 1.36. The Morgan fingerprint density at radius 2 is 1.88 bits per heavy atom. The van der Waals surface area contributed by atoms with E-state index in [0.29, 0.717) is 18.4 Å². The first-order chi connectivity index (χ1) is 12.3. The molecule has 0 radical (unpaired) electrons. The maximum Gasteiger partial charge on any atom is 0.148 e. The number of fused-ring (bicyclic) bond motifs is 1. The van der Waals surface area contributed by atoms with Gasteiger partial charge >= 0.3 is 0 Å². The van der Waals surface area contributed by atoms with E-state index in [1.165, 1.54) is 35.6 Å². The van der Waals surface area contributed by atoms with Crippen molar-refractivity contribution in [2.45, 2.75) is 50.7 Å². The van der Waals surface area contributed by atoms with Crippen LogP contribution in [0.4, 0.5) is 0 Å². The fourth-order valence-corrected chi connectivity index (χ4v) is 4.46. The fraction of sp³-hybridized carbons (Fsp3) is 0.500. The van der Waals surface area contributed by atoms with E-state index in [1.54, 1.807) is 0 Å². The second-order valence-corrected chi connectivity index (χ2v) is 7.41. The minimum absolute atomic E-state index is 0.287. The molecule has 1 aliphatic heterocycles. The van der Waals surface area contributed by atoms with Crippen molar-refractivity contribution in [1.82, 2.24) is 4.90 Å². The number of likely N-dealkylation sites (tertiary alicyclic amines) is 1. The van der Waals surface area contributed by atoms with Gasteiger partial charge in [-0.3, -0.25) is 9.69 Å². The molecule has 2 aliphatic rings. The summed E-state index contributed by atoms with van der Waals surface area (Å²) >= 11 is 0. The summed E-state index contributed by atoms with van der Waals surface area (Å²) < 4.78 is 6.34. The van der Waals surface area contributed by atoms with Gasteiger partial charge in [-0.05, 0) is 35.6 Å². The molecule has 0 aromatic heterocycles. The van der Waals surface area contributed by atoms with Gasteiger partial charge in [-0.2, -0.15) is 0 Å². The Morgan fingerprint density at radius 3 is 2.76 bits per heavy atom. The Balaban J connectivity index is 1.38. The number of hydrogen-bond donors (Lipinski definition) is 0. The van der Waals surface area contributed by atoms with Crippen molar-refractivity contribution in [3.05, 3.63) is 48.0 Å². The molecule has 3 nitrogen and oxygen atoms in total. The highest BCUT2D eigenvalue weighted by atomic mass is 16.5. The maximum atomic E-state index is 11.6. The highest BCUT2D eigenvalue weighted by molar-refractivity contribution is 5.85. The van der Waals surface area contributed by atoms with Crippen molar-refractivity contribution in [2.24, 2.45) is 0 Å². The molecule has 2 aromatic rings. The zero-order valence-corrected chi connectivity index (χ0v) is 14.8. The first kappa shape index (κ1) is 16.7. The minimum Gasteiger partial charge on any atom is -0.376 e. The van der Waals surface area contributed by atoms with Crippen LogP contribution in [0.25, 0.3) is 10.8 Å². The van der Waals surface area contributed by atoms with Crippen LogP contribution >= 0.6 is 0 Å². The molecule has 3 heteroatoms. The summed E-state index contributed by atoms with van der Waals surface area (Å²) in [4.78, 5) is 14.0. The summed E-state index contributed by atoms with van der Waals surface area (Å²) in [7, 11) is 0. The SMILES string of the molecule is O=C1CCN(C2CCCC[C@H]2OCCc2cccc3ccccc23)C1. The maximum absolute atomic E-state index is 11.6. The number of rotatable bonds is 5. The van der Waals surface area contributed by atoms with Crippen molar-refractivity contribution >= 4 is 16.6 Å². The van der Waals surface area contributed by atoms with Gasteiger partial charge in [0.25, 0.3) is 0 Å². The molecule has 2 atom stereocenters. The lowest BCUT2D eigenvalue weighted by molar-refractivity contribution is -0.117. The molecule has 1 saturated carbocycles. The Kier molecular flexibility index (Phi) is 5.14. The van der Waals surface area contributed by atoms with Gasteiger partial charge in [-0.1, -0.05) is 55.3 Å². The van der Waals surface area contributed by atoms with Crippen LogP contribution in [0.5, 0.6) is 0 Å². The number of carbonyl (C=O) groups excluding carboxylic acids is 1. The first-order valence-corrected chi connectivity index (χ1v) is 9.65. The quantitative estimate of drug-likeness (QED) is 0.826. The molecule has 2 aromatic carbocycles. The monoisotopic (exact) mass is 337 g/mol. The average Bonchev–Trinajstić information content (AvgIpc) is 3.08. The summed E-state index contributed by atoms with van der Waals surface area (Å²) in [5, 5.41) is 2.63. The lowest BCUT2D eigenvalue weighted by Crippen LogP contribution is -2.45. The minimum atomic E-state index is 0.287. The number of ether oxygens (including phenoxy) is 1. The van der Waals surface area contributed by atoms with Gasteiger partial charge < -0.3 is 4.74 Å². The van der Waals surface area contributed by atoms with Gasteiger partial charge in [0, 0.05) is 19.0 Å². The number of carbonyl (C=O) groups is 1. The molecule has 0 spiro atoms. The lowest BCUT2D eigenvalue weighted by Gasteiger charge is -2.37. The van der Waals surface area contributed by atoms with Crippen LogP contribution in [0.2, 0.25) is 0 Å². The number of nitrogens with zero attached hydrogens (tertiary/aromatic N) is 1. The van der Waals surface area contributed by atoms with Crippen molar-refractivity contribution in [1.29, 1.82) is 0 Å². The predicted octanol–water partition coefficient (Wildman–Crippen LogP) is 3.98. The van der Waals surface area contributed by atoms with Gasteiger partial charge in [-0.15, -0.1) is 0 Å². The summed E-state index contributed by atoms with van der Waals surface area (Å²) in [6.07, 6.45) is 6.77. The zero-order chi connectivity index (χ0) is 17.1. The molecule has 1 unspecified atom stereocenters. The van der Waals surface area contributed by atoms with E-state index >= 15 is 0 Å². The molecule has 2 fully saturated rings. The van der Waals surface area contributed by atoms with Crippen LogP contribution < -0.4 is 0 Å². The Morgan fingerprint density at radius 1 is 1.04 bits per heavy atom. The topological polar surface area (TPSA) is 29.5 Å². The molecule has 1 saturated heterocycles. The predicted molar refractivity (Wildman–Crippen MR) is 101 cm³/mol. The number of benzene rings is 2. The van der Waals surface area contributed by atoms with Gasteiger partial charge in [0.05, 0.1) is 19.3 Å². The van der Waals surface area contributed by atoms with Crippen molar-refractivity contribution in [3.63, 3.8) is 0 Å². The molecule has 1 aliphatic carbocycles. The molecule has 0 bridgehead atoms. The van der Waals surface area contributed by atoms with Crippen LogP contribution in [0.15, 0.2) is 42.5 Å². The van der Waals surface area contributed by atoms with Crippen LogP contribution in [0.1, 0.15) is 37.7 Å². The molecule has 0 amide bonds. The molecule has 132 valence electrons. The third-order valence-corrected chi connectivity index (χ3v) is 5.78. The van der Waals surface area contributed by atoms with Crippen molar-refractivity contribution in [2.75, 3.05) is 19.7 Å². The van der Waals surface area contributed by atoms with Gasteiger partial charge in [0.2, 0.25) is 0 Å². The van der Waals surface area contributed by atoms with Crippen LogP contribution in [0.3, 0.4) is 0 Å². The molecule has 4 rings (SSSR count). The molecule has 0 N–H and O–H groups in total. The van der Waals surface area contributed by atoms with Gasteiger partial charge in [0.15, 0.2) is 0 Å². The van der Waals surface area contributed by atoms with E-state index in [1.807, 2.05) is 0 Å². The van der Waals surface area contributed by atoms with Crippen molar-refractivity contribution in [3.8, 4) is 0 Å². The average molecular weight is 337 g/mol. The fourth-order valence-electron chi connectivity index (χ4n) is 4.46. The second-order valence-electron chi connectivity index (χ2n) is 7.41.